The van der Waals surface area contributed by atoms with E-state index >= 15 is 0 Å². The summed E-state index contributed by atoms with van der Waals surface area (Å²) in [4.78, 5) is 2.27. The minimum atomic E-state index is -0.193. The van der Waals surface area contributed by atoms with Crippen LogP contribution in [0.4, 0.5) is 0 Å². The molecule has 1 N–H and O–H groups in total. The molecule has 0 atom stereocenters. The molecule has 0 aliphatic carbocycles. The van der Waals surface area contributed by atoms with Gasteiger partial charge in [-0.15, -0.1) is 0 Å². The fourth-order valence-electron chi connectivity index (χ4n) is 3.18. The van der Waals surface area contributed by atoms with Crippen molar-refractivity contribution in [1.29, 1.82) is 0 Å². The molecule has 0 bridgehead atoms. The maximum Gasteiger partial charge on any atom is 0.199 e. The topological polar surface area (TPSA) is 46.2 Å². The first kappa shape index (κ1) is 19.8. The Morgan fingerprint density at radius 3 is 2.58 bits per heavy atom. The van der Waals surface area contributed by atoms with Crippen molar-refractivity contribution in [1.82, 2.24) is 19.2 Å². The van der Waals surface area contributed by atoms with Gasteiger partial charge in [-0.25, -0.2) is 4.68 Å². The molecule has 8 heteroatoms. The van der Waals surface area contributed by atoms with Gasteiger partial charge in [0, 0.05) is 30.2 Å². The Kier molecular flexibility index (Phi) is 6.41. The van der Waals surface area contributed by atoms with E-state index in [1.54, 1.807) is 6.07 Å². The first-order valence-electron chi connectivity index (χ1n) is 8.88. The van der Waals surface area contributed by atoms with Crippen molar-refractivity contribution in [3.8, 4) is 11.4 Å². The van der Waals surface area contributed by atoms with Gasteiger partial charge in [-0.2, -0.15) is 5.10 Å². The van der Waals surface area contributed by atoms with E-state index in [2.05, 4.69) is 18.7 Å². The van der Waals surface area contributed by atoms with E-state index in [9.17, 15) is 5.11 Å². The molecule has 0 saturated carbocycles. The van der Waals surface area contributed by atoms with E-state index in [1.807, 2.05) is 21.4 Å². The average Bonchev–Trinajstić information content (AvgIpc) is 2.86. The zero-order valence-electron chi connectivity index (χ0n) is 15.0. The monoisotopic (exact) mass is 414 g/mol. The van der Waals surface area contributed by atoms with Gasteiger partial charge in [0.1, 0.15) is 0 Å². The lowest BCUT2D eigenvalue weighted by Crippen LogP contribution is -2.37. The van der Waals surface area contributed by atoms with Crippen LogP contribution in [-0.2, 0) is 13.2 Å². The highest BCUT2D eigenvalue weighted by Crippen LogP contribution is 2.30. The molecule has 1 saturated heterocycles. The Balaban J connectivity index is 1.96. The quantitative estimate of drug-likeness (QED) is 0.733. The first-order valence-corrected chi connectivity index (χ1v) is 10.0. The van der Waals surface area contributed by atoms with E-state index < -0.39 is 0 Å². The molecule has 1 fully saturated rings. The zero-order chi connectivity index (χ0) is 18.8. The Morgan fingerprint density at radius 2 is 1.96 bits per heavy atom. The lowest BCUT2D eigenvalue weighted by atomic mass is 10.1. The van der Waals surface area contributed by atoms with E-state index in [-0.39, 0.29) is 6.10 Å². The van der Waals surface area contributed by atoms with Crippen molar-refractivity contribution in [2.75, 3.05) is 13.1 Å². The van der Waals surface area contributed by atoms with Crippen LogP contribution in [0.5, 0.6) is 0 Å². The second kappa shape index (κ2) is 8.40. The van der Waals surface area contributed by atoms with E-state index in [0.717, 1.165) is 43.9 Å². The van der Waals surface area contributed by atoms with Gasteiger partial charge in [0.05, 0.1) is 17.8 Å². The lowest BCUT2D eigenvalue weighted by molar-refractivity contribution is 0.0650. The van der Waals surface area contributed by atoms with Gasteiger partial charge in [0.2, 0.25) is 0 Å². The van der Waals surface area contributed by atoms with Crippen LogP contribution >= 0.6 is 35.4 Å². The number of likely N-dealkylation sites (tertiary alicyclic amines) is 1. The Hall–Kier alpha value is -0.920. The fraction of sp³-hybridized carbons (Fsp3) is 0.556. The summed E-state index contributed by atoms with van der Waals surface area (Å²) in [7, 11) is 0. The number of benzene rings is 1. The number of hydrogen-bond acceptors (Lipinski definition) is 4. The van der Waals surface area contributed by atoms with E-state index in [4.69, 9.17) is 40.5 Å². The van der Waals surface area contributed by atoms with Gasteiger partial charge in [-0.3, -0.25) is 9.47 Å². The second-order valence-corrected chi connectivity index (χ2v) is 8.43. The fourth-order valence-corrected chi connectivity index (χ4v) is 3.94. The van der Waals surface area contributed by atoms with Crippen molar-refractivity contribution >= 4 is 35.4 Å². The molecule has 0 spiro atoms. The zero-order valence-corrected chi connectivity index (χ0v) is 17.4. The van der Waals surface area contributed by atoms with Crippen LogP contribution in [-0.4, -0.2) is 43.5 Å². The second-order valence-electron chi connectivity index (χ2n) is 7.22. The largest absolute Gasteiger partial charge is 0.393 e. The summed E-state index contributed by atoms with van der Waals surface area (Å²) >= 11 is 18.2. The van der Waals surface area contributed by atoms with Gasteiger partial charge in [0.15, 0.2) is 10.6 Å². The molecular weight excluding hydrogens is 391 g/mol. The molecule has 1 aliphatic heterocycles. The number of aliphatic hydroxyl groups excluding tert-OH is 1. The van der Waals surface area contributed by atoms with Crippen molar-refractivity contribution in [2.24, 2.45) is 5.92 Å². The van der Waals surface area contributed by atoms with E-state index in [0.29, 0.717) is 27.4 Å². The Morgan fingerprint density at radius 1 is 1.27 bits per heavy atom. The normalized spacial score (nSPS) is 16.5. The van der Waals surface area contributed by atoms with Crippen LogP contribution in [0.1, 0.15) is 26.7 Å². The highest BCUT2D eigenvalue weighted by atomic mass is 35.5. The van der Waals surface area contributed by atoms with Crippen LogP contribution in [0.15, 0.2) is 18.2 Å². The molecule has 2 heterocycles. The number of aliphatic hydroxyl groups is 1. The van der Waals surface area contributed by atoms with E-state index in [1.165, 1.54) is 0 Å². The maximum absolute atomic E-state index is 9.70. The summed E-state index contributed by atoms with van der Waals surface area (Å²) in [5.41, 5.74) is 0.829. The molecule has 142 valence electrons. The SMILES string of the molecule is CC(C)Cn1c(-c2ccc(Cl)cc2Cl)nn(CN2CCC(O)CC2)c1=S. The molecule has 2 aromatic rings. The number of rotatable bonds is 5. The minimum Gasteiger partial charge on any atom is -0.393 e. The first-order chi connectivity index (χ1) is 12.3. The number of aromatic nitrogens is 3. The van der Waals surface area contributed by atoms with Gasteiger partial charge in [-0.1, -0.05) is 37.0 Å². The minimum absolute atomic E-state index is 0.193. The summed E-state index contributed by atoms with van der Waals surface area (Å²) in [6, 6.07) is 5.43. The molecule has 1 aromatic carbocycles. The van der Waals surface area contributed by atoms with Gasteiger partial charge in [0.25, 0.3) is 0 Å². The van der Waals surface area contributed by atoms with Crippen LogP contribution in [0, 0.1) is 10.7 Å². The molecule has 0 amide bonds. The van der Waals surface area contributed by atoms with Crippen LogP contribution in [0.25, 0.3) is 11.4 Å². The van der Waals surface area contributed by atoms with Gasteiger partial charge < -0.3 is 5.11 Å². The Labute approximate surface area is 169 Å². The lowest BCUT2D eigenvalue weighted by Gasteiger charge is -2.28. The molecule has 5 nitrogen and oxygen atoms in total. The molecule has 1 aliphatic rings. The number of hydrogen-bond donors (Lipinski definition) is 1. The molecular formula is C18H24Cl2N4OS. The molecule has 0 unspecified atom stereocenters. The van der Waals surface area contributed by atoms with Crippen molar-refractivity contribution in [3.63, 3.8) is 0 Å². The van der Waals surface area contributed by atoms with Crippen molar-refractivity contribution in [2.45, 2.75) is 46.0 Å². The van der Waals surface area contributed by atoms with Crippen molar-refractivity contribution in [3.05, 3.63) is 33.0 Å². The maximum atomic E-state index is 9.70. The van der Waals surface area contributed by atoms with Crippen molar-refractivity contribution < 1.29 is 5.11 Å². The summed E-state index contributed by atoms with van der Waals surface area (Å²) in [5, 5.41) is 15.6. The van der Waals surface area contributed by atoms with Gasteiger partial charge in [-0.05, 0) is 49.2 Å². The standard InChI is InChI=1S/C18H24Cl2N4OS/c1-12(2)10-23-17(15-4-3-13(19)9-16(15)20)21-24(18(23)26)11-22-7-5-14(25)6-8-22/h3-4,9,12,14,25H,5-8,10-11H2,1-2H3. The van der Waals surface area contributed by atoms with Gasteiger partial charge >= 0.3 is 0 Å². The summed E-state index contributed by atoms with van der Waals surface area (Å²) in [5.74, 6) is 1.19. The predicted octanol–water partition coefficient (Wildman–Crippen LogP) is 4.46. The average molecular weight is 415 g/mol. The highest BCUT2D eigenvalue weighted by Gasteiger charge is 2.21. The number of piperidine rings is 1. The third kappa shape index (κ3) is 4.49. The van der Waals surface area contributed by atoms with Crippen LogP contribution in [0.2, 0.25) is 10.0 Å². The molecule has 1 aromatic heterocycles. The number of nitrogens with zero attached hydrogens (tertiary/aromatic N) is 4. The highest BCUT2D eigenvalue weighted by molar-refractivity contribution is 7.71. The Bertz CT molecular complexity index is 825. The molecule has 3 rings (SSSR count). The van der Waals surface area contributed by atoms with Crippen LogP contribution in [0.3, 0.4) is 0 Å². The summed E-state index contributed by atoms with van der Waals surface area (Å²) < 4.78 is 4.59. The summed E-state index contributed by atoms with van der Waals surface area (Å²) in [6.45, 7) is 7.38. The predicted molar refractivity (Wildman–Crippen MR) is 108 cm³/mol. The van der Waals surface area contributed by atoms with Crippen LogP contribution < -0.4 is 0 Å². The smallest absolute Gasteiger partial charge is 0.199 e. The summed E-state index contributed by atoms with van der Waals surface area (Å²) in [6.07, 6.45) is 1.38. The molecule has 0 radical (unpaired) electrons. The number of halogens is 2. The third-order valence-electron chi connectivity index (χ3n) is 4.53. The third-order valence-corrected chi connectivity index (χ3v) is 5.51. The molecule has 26 heavy (non-hydrogen) atoms.